The van der Waals surface area contributed by atoms with Crippen molar-refractivity contribution >= 4 is 54.2 Å². The number of aliphatic hydroxyl groups is 1. The van der Waals surface area contributed by atoms with Gasteiger partial charge in [0, 0.05) is 19.6 Å². The van der Waals surface area contributed by atoms with E-state index in [1.54, 1.807) is 147 Å². The first-order valence-electron chi connectivity index (χ1n) is 30.9. The maximum Gasteiger partial charge on any atom is 0.417 e. The van der Waals surface area contributed by atoms with Gasteiger partial charge in [-0.1, -0.05) is 139 Å². The Labute approximate surface area is 559 Å². The lowest BCUT2D eigenvalue weighted by Gasteiger charge is -2.26. The summed E-state index contributed by atoms with van der Waals surface area (Å²) >= 11 is 0. The number of imide groups is 1. The predicted octanol–water partition coefficient (Wildman–Crippen LogP) is 12.2. The van der Waals surface area contributed by atoms with Gasteiger partial charge in [0.2, 0.25) is 5.91 Å². The van der Waals surface area contributed by atoms with Crippen molar-refractivity contribution in [2.75, 3.05) is 26.2 Å². The number of halogens is 1. The molecule has 0 aromatic heterocycles. The Bertz CT molecular complexity index is 3620. The van der Waals surface area contributed by atoms with Crippen molar-refractivity contribution in [3.05, 3.63) is 212 Å². The van der Waals surface area contributed by atoms with Crippen LogP contribution in [0.1, 0.15) is 162 Å². The molecular formula is C73H89FN4O18. The Morgan fingerprint density at radius 2 is 0.854 bits per heavy atom. The Kier molecular flexibility index (Phi) is 29.3. The number of carbonyl (C=O) groups is 9. The van der Waals surface area contributed by atoms with Gasteiger partial charge in [0.1, 0.15) is 36.6 Å². The first kappa shape index (κ1) is 78.3. The zero-order chi connectivity index (χ0) is 70.4. The van der Waals surface area contributed by atoms with Gasteiger partial charge in [-0.25, -0.2) is 33.7 Å². The number of benzene rings is 6. The van der Waals surface area contributed by atoms with Gasteiger partial charge in [0.05, 0.1) is 41.5 Å². The molecule has 1 fully saturated rings. The molecular weight excluding hydrogens is 1240 g/mol. The molecule has 0 unspecified atom stereocenters. The van der Waals surface area contributed by atoms with Crippen molar-refractivity contribution in [1.82, 2.24) is 20.9 Å². The summed E-state index contributed by atoms with van der Waals surface area (Å²) in [5.74, 6) is -6.13. The third-order valence-corrected chi connectivity index (χ3v) is 14.2. The lowest BCUT2D eigenvalue weighted by molar-refractivity contribution is -0.139. The number of carboxylic acid groups (broad SMARTS) is 2. The minimum absolute atomic E-state index is 0. The van der Waals surface area contributed by atoms with Crippen LogP contribution in [0.2, 0.25) is 0 Å². The van der Waals surface area contributed by atoms with Gasteiger partial charge < -0.3 is 59.7 Å². The van der Waals surface area contributed by atoms with Crippen molar-refractivity contribution < 1.29 is 91.6 Å². The van der Waals surface area contributed by atoms with Crippen LogP contribution in [0.4, 0.5) is 23.9 Å². The molecule has 0 bridgehead atoms. The maximum atomic E-state index is 13.9. The molecule has 6 N–H and O–H groups in total. The van der Waals surface area contributed by atoms with Crippen LogP contribution < -0.4 is 16.0 Å². The number of aryl methyl sites for hydroxylation is 4. The number of carboxylic acids is 2. The molecule has 0 aliphatic carbocycles. The van der Waals surface area contributed by atoms with Crippen molar-refractivity contribution in [3.63, 3.8) is 0 Å². The number of hydrogen-bond acceptors (Lipinski definition) is 16. The molecule has 1 aliphatic heterocycles. The molecule has 96 heavy (non-hydrogen) atoms. The maximum absolute atomic E-state index is 13.9. The SMILES string of the molecule is CC(C)(C)OC(=O)NC[C@@H](C(=O)O)c1ccc(CO)cc1.Cc1ccc(C(=O)OCc2ccc([C@@H](CNC(=O)OC(C)(C)C)C(=O)N3C(=O)OC[C@H]3Cc3ccccc3)cc2)c(C)c1.Cc1ccc(C(=O)OCc2ccc([C@@H](CNC(=O)OC(C)(C)C)C(=O)O)cc2)c(C)c1.F. The quantitative estimate of drug-likeness (QED) is 0.0288. The highest BCUT2D eigenvalue weighted by atomic mass is 19.0. The molecule has 516 valence electrons. The number of aliphatic hydroxyl groups excluding tert-OH is 1. The van der Waals surface area contributed by atoms with E-state index in [2.05, 4.69) is 16.0 Å². The molecule has 22 nitrogen and oxygen atoms in total. The Morgan fingerprint density at radius 3 is 1.20 bits per heavy atom. The lowest BCUT2D eigenvalue weighted by Crippen LogP contribution is -2.46. The van der Waals surface area contributed by atoms with E-state index in [-0.39, 0.29) is 50.8 Å². The summed E-state index contributed by atoms with van der Waals surface area (Å²) in [5.41, 5.74) is 7.56. The third kappa shape index (κ3) is 26.0. The number of rotatable bonds is 21. The highest BCUT2D eigenvalue weighted by Crippen LogP contribution is 2.27. The summed E-state index contributed by atoms with van der Waals surface area (Å²) in [5, 5.41) is 35.4. The van der Waals surface area contributed by atoms with E-state index in [1.165, 1.54) is 0 Å². The second-order valence-electron chi connectivity index (χ2n) is 25.8. The average molecular weight is 1330 g/mol. The first-order valence-corrected chi connectivity index (χ1v) is 30.9. The zero-order valence-electron chi connectivity index (χ0n) is 56.6. The van der Waals surface area contributed by atoms with E-state index in [0.717, 1.165) is 43.8 Å². The normalized spacial score (nSPS) is 13.5. The summed E-state index contributed by atoms with van der Waals surface area (Å²) in [6, 6.07) is 40.3. The van der Waals surface area contributed by atoms with Crippen LogP contribution in [0.5, 0.6) is 0 Å². The van der Waals surface area contributed by atoms with Gasteiger partial charge in [0.15, 0.2) is 0 Å². The van der Waals surface area contributed by atoms with Crippen LogP contribution in [-0.2, 0) is 69.0 Å². The van der Waals surface area contributed by atoms with Crippen molar-refractivity contribution in [1.29, 1.82) is 0 Å². The molecule has 0 saturated carbocycles. The van der Waals surface area contributed by atoms with Gasteiger partial charge in [-0.15, -0.1) is 0 Å². The van der Waals surface area contributed by atoms with Gasteiger partial charge in [-0.3, -0.25) is 19.1 Å². The molecule has 4 atom stereocenters. The number of nitrogens with one attached hydrogen (secondary N) is 3. The number of cyclic esters (lactones) is 1. The van der Waals surface area contributed by atoms with Crippen LogP contribution in [-0.4, -0.2) is 123 Å². The van der Waals surface area contributed by atoms with E-state index < -0.39 is 94.8 Å². The smallest absolute Gasteiger partial charge is 0.417 e. The van der Waals surface area contributed by atoms with Crippen LogP contribution in [0.3, 0.4) is 0 Å². The Morgan fingerprint density at radius 1 is 0.500 bits per heavy atom. The van der Waals surface area contributed by atoms with E-state index in [9.17, 15) is 53.4 Å². The van der Waals surface area contributed by atoms with Crippen LogP contribution in [0.25, 0.3) is 0 Å². The first-order chi connectivity index (χ1) is 44.6. The summed E-state index contributed by atoms with van der Waals surface area (Å²) in [4.78, 5) is 112. The summed E-state index contributed by atoms with van der Waals surface area (Å²) < 4.78 is 31.7. The van der Waals surface area contributed by atoms with Gasteiger partial charge in [-0.2, -0.15) is 0 Å². The second-order valence-corrected chi connectivity index (χ2v) is 25.8. The van der Waals surface area contributed by atoms with Crippen LogP contribution in [0.15, 0.2) is 140 Å². The number of esters is 2. The van der Waals surface area contributed by atoms with Gasteiger partial charge >= 0.3 is 48.3 Å². The fraction of sp³-hybridized carbons (Fsp3) is 0.384. The number of nitrogens with zero attached hydrogens (tertiary/aromatic N) is 1. The van der Waals surface area contributed by atoms with Crippen molar-refractivity contribution in [3.8, 4) is 0 Å². The molecule has 1 heterocycles. The molecule has 6 aromatic carbocycles. The lowest BCUT2D eigenvalue weighted by atomic mass is 9.95. The minimum Gasteiger partial charge on any atom is -0.481 e. The van der Waals surface area contributed by atoms with Crippen molar-refractivity contribution in [2.45, 2.75) is 157 Å². The number of carbonyl (C=O) groups excluding carboxylic acids is 7. The summed E-state index contributed by atoms with van der Waals surface area (Å²) in [6.45, 7) is 23.1. The molecule has 1 saturated heterocycles. The molecule has 23 heteroatoms. The van der Waals surface area contributed by atoms with Crippen molar-refractivity contribution in [2.24, 2.45) is 0 Å². The molecule has 0 radical (unpaired) electrons. The number of aliphatic carboxylic acids is 2. The summed E-state index contributed by atoms with van der Waals surface area (Å²) in [6.07, 6.45) is -2.28. The highest BCUT2D eigenvalue weighted by molar-refractivity contribution is 5.98. The fourth-order valence-electron chi connectivity index (χ4n) is 9.56. The number of alkyl carbamates (subject to hydrolysis) is 3. The number of hydrogen-bond donors (Lipinski definition) is 6. The second kappa shape index (κ2) is 35.9. The van der Waals surface area contributed by atoms with E-state index in [4.69, 9.17) is 33.5 Å². The van der Waals surface area contributed by atoms with E-state index >= 15 is 0 Å². The summed E-state index contributed by atoms with van der Waals surface area (Å²) in [7, 11) is 0. The minimum atomic E-state index is -1.06. The Hall–Kier alpha value is -10.2. The topological polar surface area (TPSA) is 309 Å². The third-order valence-electron chi connectivity index (χ3n) is 14.2. The molecule has 6 aromatic rings. The van der Waals surface area contributed by atoms with Crippen LogP contribution >= 0.6 is 0 Å². The zero-order valence-corrected chi connectivity index (χ0v) is 56.6. The Balaban J connectivity index is 0.000000325. The van der Waals surface area contributed by atoms with Gasteiger partial charge in [0.25, 0.3) is 0 Å². The monoisotopic (exact) mass is 1330 g/mol. The molecule has 5 amide bonds. The number of ether oxygens (including phenoxy) is 6. The van der Waals surface area contributed by atoms with Crippen LogP contribution in [0, 0.1) is 27.7 Å². The molecule has 0 spiro atoms. The standard InChI is InChI=1S/C34H38N2O7.C24H29NO6.C15H21NO5.FH/c1-22-11-16-28(23(2)17-22)31(38)41-20-25-12-14-26(15-13-25)29(19-35-32(39)43-34(3,4)5)30(37)36-27(21-42-33(36)40)18-24-9-7-6-8-10-24;1-15-6-11-19(16(2)12-15)22(28)30-14-17-7-9-18(10-8-17)20(21(26)27)13-25-23(29)31-24(3,4)5;1-15(2,3)21-14(20)16-8-12(13(18)19)11-6-4-10(9-17)5-7-11;/h6-17,27,29H,18-21H2,1-5H3,(H,35,39);6-12,20H,13-14H2,1-5H3,(H,25,29)(H,26,27);4-7,12,17H,8-9H2,1-3H3,(H,16,20)(H,18,19);1H/t27-,29-;20-;12-;/m111./s1. The molecule has 7 rings (SSSR count). The average Bonchev–Trinajstić information content (AvgIpc) is 1.58. The largest absolute Gasteiger partial charge is 0.481 e. The fourth-order valence-corrected chi connectivity index (χ4v) is 9.56. The highest BCUT2D eigenvalue weighted by Gasteiger charge is 2.42. The van der Waals surface area contributed by atoms with Gasteiger partial charge in [-0.05, 0) is 159 Å². The predicted molar refractivity (Wildman–Crippen MR) is 356 cm³/mol. The van der Waals surface area contributed by atoms with E-state index in [1.807, 2.05) is 82.3 Å². The van der Waals surface area contributed by atoms with E-state index in [0.29, 0.717) is 39.8 Å². The number of amides is 5. The molecule has 1 aliphatic rings.